The first kappa shape index (κ1) is 17.2. The molecule has 1 aliphatic rings. The standard InChI is InChI=1S/C17H19ClN2O3S/c1-13-2-5-16(12-19-13)23-15-8-10-20(11-9-15)24(21,22)17-6-3-14(18)4-7-17/h2-7,12,15H,8-11H2,1H3. The minimum atomic E-state index is -3.47. The zero-order valence-corrected chi connectivity index (χ0v) is 14.9. The van der Waals surface area contributed by atoms with E-state index < -0.39 is 10.0 Å². The Morgan fingerprint density at radius 1 is 1.12 bits per heavy atom. The number of hydrogen-bond donors (Lipinski definition) is 0. The van der Waals surface area contributed by atoms with Gasteiger partial charge in [-0.15, -0.1) is 0 Å². The van der Waals surface area contributed by atoms with Crippen LogP contribution < -0.4 is 4.74 Å². The summed E-state index contributed by atoms with van der Waals surface area (Å²) in [5.41, 5.74) is 0.936. The van der Waals surface area contributed by atoms with Crippen LogP contribution in [0.4, 0.5) is 0 Å². The Labute approximate surface area is 147 Å². The van der Waals surface area contributed by atoms with Gasteiger partial charge >= 0.3 is 0 Å². The molecular formula is C17H19ClN2O3S. The second-order valence-corrected chi connectivity index (χ2v) is 8.18. The lowest BCUT2D eigenvalue weighted by Crippen LogP contribution is -2.41. The lowest BCUT2D eigenvalue weighted by Gasteiger charge is -2.31. The lowest BCUT2D eigenvalue weighted by atomic mass is 10.1. The van der Waals surface area contributed by atoms with E-state index in [4.69, 9.17) is 16.3 Å². The third-order valence-corrected chi connectivity index (χ3v) is 6.20. The number of aryl methyl sites for hydroxylation is 1. The fraction of sp³-hybridized carbons (Fsp3) is 0.353. The Bertz CT molecular complexity index is 784. The summed E-state index contributed by atoms with van der Waals surface area (Å²) < 4.78 is 32.7. The van der Waals surface area contributed by atoms with Gasteiger partial charge < -0.3 is 4.74 Å². The summed E-state index contributed by atoms with van der Waals surface area (Å²) >= 11 is 5.82. The molecule has 24 heavy (non-hydrogen) atoms. The summed E-state index contributed by atoms with van der Waals surface area (Å²) in [6.45, 7) is 2.80. The van der Waals surface area contributed by atoms with Gasteiger partial charge in [-0.3, -0.25) is 4.98 Å². The van der Waals surface area contributed by atoms with Crippen molar-refractivity contribution >= 4 is 21.6 Å². The fourth-order valence-electron chi connectivity index (χ4n) is 2.66. The van der Waals surface area contributed by atoms with Crippen molar-refractivity contribution < 1.29 is 13.2 Å². The summed E-state index contributed by atoms with van der Waals surface area (Å²) in [6.07, 6.45) is 3.01. The molecule has 0 amide bonds. The lowest BCUT2D eigenvalue weighted by molar-refractivity contribution is 0.134. The molecule has 2 heterocycles. The average Bonchev–Trinajstić information content (AvgIpc) is 2.58. The van der Waals surface area contributed by atoms with Gasteiger partial charge in [-0.1, -0.05) is 11.6 Å². The topological polar surface area (TPSA) is 59.5 Å². The molecule has 2 aromatic rings. The van der Waals surface area contributed by atoms with E-state index in [9.17, 15) is 8.42 Å². The minimum absolute atomic E-state index is 0.00572. The number of rotatable bonds is 4. The van der Waals surface area contributed by atoms with Gasteiger partial charge in [-0.2, -0.15) is 4.31 Å². The molecule has 0 aliphatic carbocycles. The maximum absolute atomic E-state index is 12.6. The van der Waals surface area contributed by atoms with Crippen molar-refractivity contribution in [2.75, 3.05) is 13.1 Å². The number of halogens is 1. The second-order valence-electron chi connectivity index (χ2n) is 5.81. The van der Waals surface area contributed by atoms with Gasteiger partial charge in [0, 0.05) is 23.8 Å². The van der Waals surface area contributed by atoms with Crippen LogP contribution in [-0.4, -0.2) is 36.9 Å². The molecule has 0 spiro atoms. The molecule has 128 valence electrons. The van der Waals surface area contributed by atoms with Crippen LogP contribution in [-0.2, 0) is 10.0 Å². The van der Waals surface area contributed by atoms with E-state index in [1.807, 2.05) is 19.1 Å². The summed E-state index contributed by atoms with van der Waals surface area (Å²) in [5.74, 6) is 0.722. The van der Waals surface area contributed by atoms with Gasteiger partial charge in [0.1, 0.15) is 11.9 Å². The number of nitrogens with zero attached hydrogens (tertiary/aromatic N) is 2. The number of ether oxygens (including phenoxy) is 1. The molecule has 0 bridgehead atoms. The van der Waals surface area contributed by atoms with E-state index in [0.29, 0.717) is 31.0 Å². The second kappa shape index (κ2) is 7.09. The molecule has 3 rings (SSSR count). The van der Waals surface area contributed by atoms with E-state index in [1.54, 1.807) is 18.3 Å². The third-order valence-electron chi connectivity index (χ3n) is 4.04. The molecular weight excluding hydrogens is 348 g/mol. The van der Waals surface area contributed by atoms with Crippen molar-refractivity contribution in [1.82, 2.24) is 9.29 Å². The van der Waals surface area contributed by atoms with Crippen molar-refractivity contribution in [1.29, 1.82) is 0 Å². The van der Waals surface area contributed by atoms with Crippen LogP contribution in [0.15, 0.2) is 47.5 Å². The molecule has 5 nitrogen and oxygen atoms in total. The molecule has 0 saturated carbocycles. The van der Waals surface area contributed by atoms with E-state index in [-0.39, 0.29) is 11.0 Å². The molecule has 1 aromatic heterocycles. The highest BCUT2D eigenvalue weighted by molar-refractivity contribution is 7.89. The first-order valence-electron chi connectivity index (χ1n) is 7.80. The molecule has 1 aromatic carbocycles. The van der Waals surface area contributed by atoms with Crippen LogP contribution in [0.1, 0.15) is 18.5 Å². The molecule has 7 heteroatoms. The monoisotopic (exact) mass is 366 g/mol. The van der Waals surface area contributed by atoms with E-state index in [0.717, 1.165) is 11.4 Å². The molecule has 0 unspecified atom stereocenters. The van der Waals surface area contributed by atoms with Crippen LogP contribution in [0.25, 0.3) is 0 Å². The summed E-state index contributed by atoms with van der Waals surface area (Å²) in [5, 5.41) is 0.521. The van der Waals surface area contributed by atoms with Crippen molar-refractivity contribution in [2.24, 2.45) is 0 Å². The molecule has 0 atom stereocenters. The SMILES string of the molecule is Cc1ccc(OC2CCN(S(=O)(=O)c3ccc(Cl)cc3)CC2)cn1. The van der Waals surface area contributed by atoms with Crippen LogP contribution >= 0.6 is 11.6 Å². The van der Waals surface area contributed by atoms with Crippen molar-refractivity contribution in [2.45, 2.75) is 30.8 Å². The van der Waals surface area contributed by atoms with Gasteiger partial charge in [-0.05, 0) is 56.2 Å². The van der Waals surface area contributed by atoms with Crippen LogP contribution in [0.2, 0.25) is 5.02 Å². The summed E-state index contributed by atoms with van der Waals surface area (Å²) in [4.78, 5) is 4.48. The smallest absolute Gasteiger partial charge is 0.243 e. The zero-order valence-electron chi connectivity index (χ0n) is 13.4. The van der Waals surface area contributed by atoms with Crippen LogP contribution in [0.3, 0.4) is 0 Å². The average molecular weight is 367 g/mol. The summed E-state index contributed by atoms with van der Waals surface area (Å²) in [6, 6.07) is 10.1. The van der Waals surface area contributed by atoms with Gasteiger partial charge in [0.25, 0.3) is 0 Å². The van der Waals surface area contributed by atoms with Crippen molar-refractivity contribution in [3.8, 4) is 5.75 Å². The predicted octanol–water partition coefficient (Wildman–Crippen LogP) is 3.28. The Balaban J connectivity index is 1.62. The molecule has 1 fully saturated rings. The predicted molar refractivity (Wildman–Crippen MR) is 92.8 cm³/mol. The Kier molecular flexibility index (Phi) is 5.08. The van der Waals surface area contributed by atoms with Crippen LogP contribution in [0, 0.1) is 6.92 Å². The third kappa shape index (κ3) is 3.88. The number of piperidine rings is 1. The van der Waals surface area contributed by atoms with Gasteiger partial charge in [0.05, 0.1) is 11.1 Å². The zero-order chi connectivity index (χ0) is 17.2. The number of sulfonamides is 1. The number of aromatic nitrogens is 1. The largest absolute Gasteiger partial charge is 0.489 e. The highest BCUT2D eigenvalue weighted by Gasteiger charge is 2.30. The number of pyridine rings is 1. The normalized spacial score (nSPS) is 16.9. The Morgan fingerprint density at radius 3 is 2.38 bits per heavy atom. The number of hydrogen-bond acceptors (Lipinski definition) is 4. The molecule has 0 N–H and O–H groups in total. The fourth-order valence-corrected chi connectivity index (χ4v) is 4.26. The molecule has 0 radical (unpaired) electrons. The maximum atomic E-state index is 12.6. The quantitative estimate of drug-likeness (QED) is 0.833. The maximum Gasteiger partial charge on any atom is 0.243 e. The first-order chi connectivity index (χ1) is 11.4. The summed E-state index contributed by atoms with van der Waals surface area (Å²) in [7, 11) is -3.47. The minimum Gasteiger partial charge on any atom is -0.489 e. The highest BCUT2D eigenvalue weighted by atomic mass is 35.5. The number of benzene rings is 1. The van der Waals surface area contributed by atoms with E-state index in [1.165, 1.54) is 16.4 Å². The van der Waals surface area contributed by atoms with Gasteiger partial charge in [0.2, 0.25) is 10.0 Å². The Morgan fingerprint density at radius 2 is 1.79 bits per heavy atom. The van der Waals surface area contributed by atoms with E-state index in [2.05, 4.69) is 4.98 Å². The van der Waals surface area contributed by atoms with Crippen molar-refractivity contribution in [3.63, 3.8) is 0 Å². The molecule has 1 saturated heterocycles. The van der Waals surface area contributed by atoms with Gasteiger partial charge in [0.15, 0.2) is 0 Å². The van der Waals surface area contributed by atoms with Crippen LogP contribution in [0.5, 0.6) is 5.75 Å². The van der Waals surface area contributed by atoms with E-state index >= 15 is 0 Å². The highest BCUT2D eigenvalue weighted by Crippen LogP contribution is 2.24. The van der Waals surface area contributed by atoms with Crippen molar-refractivity contribution in [3.05, 3.63) is 53.3 Å². The first-order valence-corrected chi connectivity index (χ1v) is 9.62. The van der Waals surface area contributed by atoms with Gasteiger partial charge in [-0.25, -0.2) is 8.42 Å². The Hall–Kier alpha value is -1.63. The molecule has 1 aliphatic heterocycles.